The third-order valence-corrected chi connectivity index (χ3v) is 1.77. The molecule has 0 rings (SSSR count). The zero-order valence-electron chi connectivity index (χ0n) is 8.95. The molecule has 1 heteroatoms. The van der Waals surface area contributed by atoms with Crippen molar-refractivity contribution in [2.24, 2.45) is 0 Å². The second-order valence-electron chi connectivity index (χ2n) is 3.05. The standard InChI is InChI=1S/C13H19N/c1-2-3-4-5-6-7-8-9-10-11-12-13-14/h2-5,8-9H,6-7,10-12H2,1H3/b3-2+,5-4+,9-8+. The fraction of sp³-hybridized carbons (Fsp3) is 0.462. The van der Waals surface area contributed by atoms with Crippen LogP contribution in [0.15, 0.2) is 36.5 Å². The van der Waals surface area contributed by atoms with Gasteiger partial charge in [-0.05, 0) is 32.6 Å². The first-order valence-electron chi connectivity index (χ1n) is 5.21. The van der Waals surface area contributed by atoms with Crippen molar-refractivity contribution in [2.45, 2.75) is 39.0 Å². The lowest BCUT2D eigenvalue weighted by molar-refractivity contribution is 0.870. The largest absolute Gasteiger partial charge is 0.198 e. The first-order valence-corrected chi connectivity index (χ1v) is 5.21. The second-order valence-corrected chi connectivity index (χ2v) is 3.05. The van der Waals surface area contributed by atoms with E-state index in [9.17, 15) is 0 Å². The zero-order valence-corrected chi connectivity index (χ0v) is 8.95. The average Bonchev–Trinajstić information content (AvgIpc) is 2.21. The van der Waals surface area contributed by atoms with Crippen molar-refractivity contribution >= 4 is 0 Å². The molecule has 0 aromatic rings. The van der Waals surface area contributed by atoms with Crippen LogP contribution in [0.4, 0.5) is 0 Å². The molecule has 0 aliphatic carbocycles. The summed E-state index contributed by atoms with van der Waals surface area (Å²) < 4.78 is 0. The van der Waals surface area contributed by atoms with Crippen molar-refractivity contribution in [1.82, 2.24) is 0 Å². The first kappa shape index (κ1) is 12.7. The molecule has 0 bridgehead atoms. The molecule has 0 heterocycles. The number of allylic oxidation sites excluding steroid dienone is 6. The minimum absolute atomic E-state index is 0.672. The summed E-state index contributed by atoms with van der Waals surface area (Å²) in [5, 5.41) is 8.30. The van der Waals surface area contributed by atoms with E-state index in [-0.39, 0.29) is 0 Å². The topological polar surface area (TPSA) is 23.8 Å². The van der Waals surface area contributed by atoms with Crippen LogP contribution >= 0.6 is 0 Å². The molecule has 14 heavy (non-hydrogen) atoms. The molecule has 0 spiro atoms. The SMILES string of the molecule is C/C=C/C=C/CC/C=C/CCCC#N. The minimum Gasteiger partial charge on any atom is -0.198 e. The molecule has 0 atom stereocenters. The molecule has 0 aliphatic heterocycles. The highest BCUT2D eigenvalue weighted by Gasteiger charge is 1.81. The van der Waals surface area contributed by atoms with Crippen LogP contribution in [0, 0.1) is 11.3 Å². The van der Waals surface area contributed by atoms with Crippen LogP contribution in [0.5, 0.6) is 0 Å². The molecule has 0 aromatic carbocycles. The van der Waals surface area contributed by atoms with Crippen molar-refractivity contribution in [3.63, 3.8) is 0 Å². The molecule has 0 N–H and O–H groups in total. The zero-order chi connectivity index (χ0) is 10.5. The van der Waals surface area contributed by atoms with Crippen LogP contribution in [0.2, 0.25) is 0 Å². The monoisotopic (exact) mass is 189 g/mol. The Hall–Kier alpha value is -1.29. The summed E-state index contributed by atoms with van der Waals surface area (Å²) in [5.41, 5.74) is 0. The predicted octanol–water partition coefficient (Wildman–Crippen LogP) is 4.15. The van der Waals surface area contributed by atoms with Crippen molar-refractivity contribution in [2.75, 3.05) is 0 Å². The molecular formula is C13H19N. The summed E-state index contributed by atoms with van der Waals surface area (Å²) in [5.74, 6) is 0. The summed E-state index contributed by atoms with van der Waals surface area (Å²) in [6, 6.07) is 2.14. The smallest absolute Gasteiger partial charge is 0.0621 e. The Morgan fingerprint density at radius 2 is 1.71 bits per heavy atom. The van der Waals surface area contributed by atoms with Crippen LogP contribution in [0.3, 0.4) is 0 Å². The van der Waals surface area contributed by atoms with Gasteiger partial charge in [0, 0.05) is 6.42 Å². The van der Waals surface area contributed by atoms with Gasteiger partial charge in [-0.3, -0.25) is 0 Å². The lowest BCUT2D eigenvalue weighted by Gasteiger charge is -1.87. The first-order chi connectivity index (χ1) is 6.91. The van der Waals surface area contributed by atoms with Gasteiger partial charge in [0.25, 0.3) is 0 Å². The highest BCUT2D eigenvalue weighted by Crippen LogP contribution is 1.98. The van der Waals surface area contributed by atoms with Gasteiger partial charge in [-0.25, -0.2) is 0 Å². The summed E-state index contributed by atoms with van der Waals surface area (Å²) >= 11 is 0. The van der Waals surface area contributed by atoms with Crippen molar-refractivity contribution in [3.05, 3.63) is 36.5 Å². The summed E-state index contributed by atoms with van der Waals surface area (Å²) in [4.78, 5) is 0. The maximum Gasteiger partial charge on any atom is 0.0621 e. The summed E-state index contributed by atoms with van der Waals surface area (Å²) in [6.07, 6.45) is 17.5. The van der Waals surface area contributed by atoms with Gasteiger partial charge < -0.3 is 0 Å². The molecule has 0 radical (unpaired) electrons. The van der Waals surface area contributed by atoms with E-state index in [1.54, 1.807) is 0 Å². The Kier molecular flexibility index (Phi) is 10.6. The van der Waals surface area contributed by atoms with Crippen molar-refractivity contribution in [3.8, 4) is 6.07 Å². The molecule has 1 nitrogen and oxygen atoms in total. The maximum absolute atomic E-state index is 8.30. The third kappa shape index (κ3) is 10.7. The van der Waals surface area contributed by atoms with E-state index in [2.05, 4.69) is 30.4 Å². The van der Waals surface area contributed by atoms with Crippen LogP contribution in [0.1, 0.15) is 39.0 Å². The second kappa shape index (κ2) is 11.7. The Morgan fingerprint density at radius 3 is 2.43 bits per heavy atom. The predicted molar refractivity (Wildman–Crippen MR) is 61.8 cm³/mol. The molecule has 0 saturated heterocycles. The molecule has 0 aliphatic rings. The minimum atomic E-state index is 0.672. The van der Waals surface area contributed by atoms with Crippen LogP contribution in [0.25, 0.3) is 0 Å². The molecule has 0 amide bonds. The average molecular weight is 189 g/mol. The van der Waals surface area contributed by atoms with Gasteiger partial charge in [0.1, 0.15) is 0 Å². The number of nitriles is 1. The number of hydrogen-bond donors (Lipinski definition) is 0. The highest BCUT2D eigenvalue weighted by molar-refractivity contribution is 5.01. The Labute approximate surface area is 87.4 Å². The fourth-order valence-corrected chi connectivity index (χ4v) is 1.01. The molecule has 0 aromatic heterocycles. The lowest BCUT2D eigenvalue weighted by Crippen LogP contribution is -1.69. The van der Waals surface area contributed by atoms with E-state index in [4.69, 9.17) is 5.26 Å². The van der Waals surface area contributed by atoms with Crippen molar-refractivity contribution < 1.29 is 0 Å². The molecular weight excluding hydrogens is 170 g/mol. The van der Waals surface area contributed by atoms with Gasteiger partial charge in [0.05, 0.1) is 6.07 Å². The summed E-state index contributed by atoms with van der Waals surface area (Å²) in [7, 11) is 0. The van der Waals surface area contributed by atoms with Gasteiger partial charge in [-0.2, -0.15) is 5.26 Å². The van der Waals surface area contributed by atoms with Gasteiger partial charge >= 0.3 is 0 Å². The van der Waals surface area contributed by atoms with Crippen LogP contribution in [-0.4, -0.2) is 0 Å². The highest BCUT2D eigenvalue weighted by atomic mass is 14.2. The number of unbranched alkanes of at least 4 members (excludes halogenated alkanes) is 3. The van der Waals surface area contributed by atoms with E-state index < -0.39 is 0 Å². The Morgan fingerprint density at radius 1 is 1.00 bits per heavy atom. The van der Waals surface area contributed by atoms with E-state index in [0.717, 1.165) is 25.7 Å². The number of nitrogens with zero attached hydrogens (tertiary/aromatic N) is 1. The van der Waals surface area contributed by atoms with E-state index >= 15 is 0 Å². The molecule has 0 saturated carbocycles. The Balaban J connectivity index is 3.23. The molecule has 76 valence electrons. The molecule has 0 unspecified atom stereocenters. The van der Waals surface area contributed by atoms with E-state index in [1.165, 1.54) is 0 Å². The van der Waals surface area contributed by atoms with Crippen LogP contribution in [-0.2, 0) is 0 Å². The third-order valence-electron chi connectivity index (χ3n) is 1.77. The number of rotatable bonds is 7. The van der Waals surface area contributed by atoms with Crippen molar-refractivity contribution in [1.29, 1.82) is 5.26 Å². The quantitative estimate of drug-likeness (QED) is 0.335. The lowest BCUT2D eigenvalue weighted by atomic mass is 10.2. The summed E-state index contributed by atoms with van der Waals surface area (Å²) in [6.45, 7) is 2.01. The maximum atomic E-state index is 8.30. The molecule has 0 fully saturated rings. The Bertz CT molecular complexity index is 228. The van der Waals surface area contributed by atoms with E-state index in [0.29, 0.717) is 6.42 Å². The van der Waals surface area contributed by atoms with Gasteiger partial charge in [0.15, 0.2) is 0 Å². The van der Waals surface area contributed by atoms with Gasteiger partial charge in [-0.15, -0.1) is 0 Å². The van der Waals surface area contributed by atoms with Gasteiger partial charge in [-0.1, -0.05) is 36.5 Å². The number of hydrogen-bond acceptors (Lipinski definition) is 1. The normalized spacial score (nSPS) is 11.7. The van der Waals surface area contributed by atoms with Gasteiger partial charge in [0.2, 0.25) is 0 Å². The fourth-order valence-electron chi connectivity index (χ4n) is 1.01. The van der Waals surface area contributed by atoms with Crippen LogP contribution < -0.4 is 0 Å². The van der Waals surface area contributed by atoms with E-state index in [1.807, 2.05) is 19.1 Å².